The van der Waals surface area contributed by atoms with Gasteiger partial charge >= 0.3 is 5.97 Å². The molecule has 5 heteroatoms. The third-order valence-corrected chi connectivity index (χ3v) is 4.98. The van der Waals surface area contributed by atoms with Gasteiger partial charge in [0.25, 0.3) is 5.91 Å². The molecule has 1 saturated carbocycles. The van der Waals surface area contributed by atoms with Crippen molar-refractivity contribution in [3.8, 4) is 0 Å². The zero-order valence-corrected chi connectivity index (χ0v) is 15.5. The van der Waals surface area contributed by atoms with Crippen molar-refractivity contribution in [2.45, 2.75) is 25.3 Å². The van der Waals surface area contributed by atoms with Crippen LogP contribution in [0.1, 0.15) is 30.0 Å². The number of nitrogens with one attached hydrogen (secondary N) is 1. The fourth-order valence-electron chi connectivity index (χ4n) is 3.44. The first kappa shape index (κ1) is 18.2. The molecule has 4 rings (SSSR count). The Morgan fingerprint density at radius 1 is 1.04 bits per heavy atom. The van der Waals surface area contributed by atoms with E-state index < -0.39 is 5.97 Å². The Morgan fingerprint density at radius 2 is 1.82 bits per heavy atom. The van der Waals surface area contributed by atoms with Crippen molar-refractivity contribution < 1.29 is 14.3 Å². The summed E-state index contributed by atoms with van der Waals surface area (Å²) in [6, 6.07) is 19.4. The number of rotatable bonds is 7. The molecule has 0 aliphatic heterocycles. The van der Waals surface area contributed by atoms with Crippen molar-refractivity contribution in [3.05, 3.63) is 78.0 Å². The highest BCUT2D eigenvalue weighted by atomic mass is 16.5. The number of para-hydroxylation sites is 1. The third-order valence-electron chi connectivity index (χ3n) is 4.98. The van der Waals surface area contributed by atoms with E-state index in [0.29, 0.717) is 5.92 Å². The maximum atomic E-state index is 12.3. The summed E-state index contributed by atoms with van der Waals surface area (Å²) in [7, 11) is 0. The molecule has 142 valence electrons. The van der Waals surface area contributed by atoms with Crippen molar-refractivity contribution in [1.82, 2.24) is 10.3 Å². The van der Waals surface area contributed by atoms with Gasteiger partial charge in [0.2, 0.25) is 0 Å². The van der Waals surface area contributed by atoms with Gasteiger partial charge in [-0.1, -0.05) is 54.6 Å². The molecule has 0 saturated heterocycles. The monoisotopic (exact) mass is 374 g/mol. The molecule has 5 nitrogen and oxygen atoms in total. The standard InChI is InChI=1S/C23H22N2O3/c26-20(25-23(18-11-12-18)17-6-2-1-3-7-17)15-28-21(27)14-19-9-4-8-16-10-5-13-24-22(16)19/h1-10,13,18,23H,11-12,14-15H2,(H,25,26). The molecule has 1 aromatic heterocycles. The van der Waals surface area contributed by atoms with Gasteiger partial charge in [-0.05, 0) is 36.0 Å². The normalized spacial score (nSPS) is 14.4. The number of nitrogens with zero attached hydrogens (tertiary/aromatic N) is 1. The van der Waals surface area contributed by atoms with E-state index in [0.717, 1.165) is 34.9 Å². The number of ether oxygens (including phenoxy) is 1. The molecule has 0 spiro atoms. The molecule has 1 aliphatic carbocycles. The van der Waals surface area contributed by atoms with Gasteiger partial charge in [-0.2, -0.15) is 0 Å². The second-order valence-corrected chi connectivity index (χ2v) is 7.12. The number of benzene rings is 2. The lowest BCUT2D eigenvalue weighted by molar-refractivity contribution is -0.148. The number of carbonyl (C=O) groups excluding carboxylic acids is 2. The number of hydrogen-bond donors (Lipinski definition) is 1. The molecule has 1 unspecified atom stereocenters. The molecule has 3 aromatic rings. The van der Waals surface area contributed by atoms with Crippen LogP contribution in [0, 0.1) is 5.92 Å². The molecule has 1 heterocycles. The summed E-state index contributed by atoms with van der Waals surface area (Å²) in [4.78, 5) is 28.9. The van der Waals surface area contributed by atoms with Crippen LogP contribution in [0.5, 0.6) is 0 Å². The summed E-state index contributed by atoms with van der Waals surface area (Å²) in [5.41, 5.74) is 2.67. The first-order valence-electron chi connectivity index (χ1n) is 9.53. The lowest BCUT2D eigenvalue weighted by atomic mass is 10.0. The molecule has 28 heavy (non-hydrogen) atoms. The smallest absolute Gasteiger partial charge is 0.310 e. The third kappa shape index (κ3) is 4.36. The van der Waals surface area contributed by atoms with Crippen LogP contribution in [0.4, 0.5) is 0 Å². The molecular weight excluding hydrogens is 352 g/mol. The summed E-state index contributed by atoms with van der Waals surface area (Å²) >= 11 is 0. The Morgan fingerprint density at radius 3 is 2.61 bits per heavy atom. The first-order valence-corrected chi connectivity index (χ1v) is 9.53. The minimum Gasteiger partial charge on any atom is -0.455 e. The molecule has 1 fully saturated rings. The SMILES string of the molecule is O=C(COC(=O)Cc1cccc2cccnc12)NC(c1ccccc1)C1CC1. The summed E-state index contributed by atoms with van der Waals surface area (Å²) in [6.45, 7) is -0.271. The van der Waals surface area contributed by atoms with Crippen LogP contribution in [0.15, 0.2) is 66.9 Å². The zero-order valence-electron chi connectivity index (χ0n) is 15.5. The number of esters is 1. The molecule has 1 N–H and O–H groups in total. The van der Waals surface area contributed by atoms with Crippen molar-refractivity contribution in [2.24, 2.45) is 5.92 Å². The van der Waals surface area contributed by atoms with E-state index in [1.165, 1.54) is 0 Å². The van der Waals surface area contributed by atoms with Crippen molar-refractivity contribution in [1.29, 1.82) is 0 Å². The van der Waals surface area contributed by atoms with Crippen LogP contribution in [0.2, 0.25) is 0 Å². The molecule has 0 radical (unpaired) electrons. The fraction of sp³-hybridized carbons (Fsp3) is 0.261. The van der Waals surface area contributed by atoms with Crippen LogP contribution in [-0.4, -0.2) is 23.5 Å². The average molecular weight is 374 g/mol. The van der Waals surface area contributed by atoms with E-state index in [9.17, 15) is 9.59 Å². The minimum absolute atomic E-state index is 0.0188. The van der Waals surface area contributed by atoms with Crippen molar-refractivity contribution in [2.75, 3.05) is 6.61 Å². The Hall–Kier alpha value is -3.21. The van der Waals surface area contributed by atoms with Gasteiger partial charge in [-0.15, -0.1) is 0 Å². The van der Waals surface area contributed by atoms with Crippen molar-refractivity contribution >= 4 is 22.8 Å². The lowest BCUT2D eigenvalue weighted by Gasteiger charge is -2.18. The van der Waals surface area contributed by atoms with Crippen LogP contribution >= 0.6 is 0 Å². The van der Waals surface area contributed by atoms with E-state index in [1.807, 2.05) is 60.7 Å². The predicted molar refractivity (Wildman–Crippen MR) is 106 cm³/mol. The van der Waals surface area contributed by atoms with E-state index in [1.54, 1.807) is 6.20 Å². The van der Waals surface area contributed by atoms with Gasteiger partial charge in [0, 0.05) is 11.6 Å². The molecule has 1 atom stereocenters. The highest BCUT2D eigenvalue weighted by molar-refractivity contribution is 5.87. The largest absolute Gasteiger partial charge is 0.455 e. The van der Waals surface area contributed by atoms with Crippen LogP contribution in [0.3, 0.4) is 0 Å². The van der Waals surface area contributed by atoms with Gasteiger partial charge in [0.1, 0.15) is 0 Å². The van der Waals surface area contributed by atoms with Crippen LogP contribution in [-0.2, 0) is 20.7 Å². The van der Waals surface area contributed by atoms with Gasteiger partial charge in [-0.3, -0.25) is 14.6 Å². The summed E-state index contributed by atoms with van der Waals surface area (Å²) in [5.74, 6) is -0.245. The van der Waals surface area contributed by atoms with Gasteiger partial charge in [-0.25, -0.2) is 0 Å². The van der Waals surface area contributed by atoms with E-state index >= 15 is 0 Å². The number of amides is 1. The maximum Gasteiger partial charge on any atom is 0.310 e. The van der Waals surface area contributed by atoms with Crippen molar-refractivity contribution in [3.63, 3.8) is 0 Å². The number of aromatic nitrogens is 1. The molecule has 2 aromatic carbocycles. The van der Waals surface area contributed by atoms with E-state index in [-0.39, 0.29) is 25.0 Å². The van der Waals surface area contributed by atoms with E-state index in [2.05, 4.69) is 10.3 Å². The predicted octanol–water partition coefficient (Wildman–Crippen LogP) is 3.59. The number of fused-ring (bicyclic) bond motifs is 1. The van der Waals surface area contributed by atoms with Gasteiger partial charge in [0.15, 0.2) is 6.61 Å². The van der Waals surface area contributed by atoms with Gasteiger partial charge in [0.05, 0.1) is 18.0 Å². The average Bonchev–Trinajstić information content (AvgIpc) is 3.57. The Kier molecular flexibility index (Phi) is 5.33. The molecule has 1 amide bonds. The lowest BCUT2D eigenvalue weighted by Crippen LogP contribution is -2.33. The molecule has 0 bridgehead atoms. The summed E-state index contributed by atoms with van der Waals surface area (Å²) < 4.78 is 5.21. The summed E-state index contributed by atoms with van der Waals surface area (Å²) in [5, 5.41) is 3.99. The van der Waals surface area contributed by atoms with Crippen LogP contribution < -0.4 is 5.32 Å². The first-order chi connectivity index (χ1) is 13.7. The zero-order chi connectivity index (χ0) is 19.3. The minimum atomic E-state index is -0.434. The quantitative estimate of drug-likeness (QED) is 0.642. The summed E-state index contributed by atoms with van der Waals surface area (Å²) in [6.07, 6.45) is 4.00. The molecular formula is C23H22N2O3. The number of hydrogen-bond acceptors (Lipinski definition) is 4. The topological polar surface area (TPSA) is 68.3 Å². The second kappa shape index (κ2) is 8.21. The maximum absolute atomic E-state index is 12.3. The Balaban J connectivity index is 1.33. The van der Waals surface area contributed by atoms with Crippen LogP contribution in [0.25, 0.3) is 10.9 Å². The Bertz CT molecular complexity index is 978. The molecule has 1 aliphatic rings. The highest BCUT2D eigenvalue weighted by Crippen LogP contribution is 2.40. The van der Waals surface area contributed by atoms with Gasteiger partial charge < -0.3 is 10.1 Å². The second-order valence-electron chi connectivity index (χ2n) is 7.12. The Labute approximate surface area is 163 Å². The number of pyridine rings is 1. The van der Waals surface area contributed by atoms with E-state index in [4.69, 9.17) is 4.74 Å². The highest BCUT2D eigenvalue weighted by Gasteiger charge is 2.33. The fourth-order valence-corrected chi connectivity index (χ4v) is 3.44. The number of carbonyl (C=O) groups is 2.